The summed E-state index contributed by atoms with van der Waals surface area (Å²) in [7, 11) is 0. The minimum Gasteiger partial charge on any atom is -0.320 e. The van der Waals surface area contributed by atoms with E-state index in [1.807, 2.05) is 12.1 Å². The van der Waals surface area contributed by atoms with E-state index in [0.29, 0.717) is 39.5 Å². The van der Waals surface area contributed by atoms with Gasteiger partial charge < -0.3 is 10.6 Å². The molecular weight excluding hydrogens is 407 g/mol. The Labute approximate surface area is 179 Å². The zero-order chi connectivity index (χ0) is 20.8. The average Bonchev–Trinajstić information content (AvgIpc) is 2.75. The lowest BCUT2D eigenvalue weighted by Gasteiger charge is -2.18. The number of allylic oxidation sites excluding steroid dienone is 1. The summed E-state index contributed by atoms with van der Waals surface area (Å²) in [5.41, 5.74) is 2.27. The third kappa shape index (κ3) is 4.86. The zero-order valence-electron chi connectivity index (χ0n) is 15.4. The van der Waals surface area contributed by atoms with Crippen LogP contribution in [-0.4, -0.2) is 11.8 Å². The Kier molecular flexibility index (Phi) is 6.70. The molecule has 2 N–H and O–H groups in total. The number of hydrogen-bond acceptors (Lipinski definition) is 2. The Morgan fingerprint density at radius 2 is 1.38 bits per heavy atom. The summed E-state index contributed by atoms with van der Waals surface area (Å²) >= 11 is 12.7. The molecule has 0 spiro atoms. The lowest BCUT2D eigenvalue weighted by atomic mass is 10.1. The number of benzene rings is 3. The Balaban J connectivity index is 2.03. The molecule has 146 valence electrons. The van der Waals surface area contributed by atoms with Crippen LogP contribution in [-0.2, 0) is 6.42 Å². The highest BCUT2D eigenvalue weighted by Gasteiger charge is 2.20. The van der Waals surface area contributed by atoms with Crippen molar-refractivity contribution in [2.24, 2.45) is 0 Å². The van der Waals surface area contributed by atoms with E-state index in [1.54, 1.807) is 54.6 Å². The highest BCUT2D eigenvalue weighted by molar-refractivity contribution is 6.43. The predicted octanol–water partition coefficient (Wildman–Crippen LogP) is 6.23. The van der Waals surface area contributed by atoms with Crippen LogP contribution >= 0.6 is 23.2 Å². The minimum atomic E-state index is -0.330. The van der Waals surface area contributed by atoms with Crippen molar-refractivity contribution < 1.29 is 9.59 Å². The fraction of sp³-hybridized carbons (Fsp3) is 0.0435. The molecule has 0 bridgehead atoms. The van der Waals surface area contributed by atoms with Gasteiger partial charge in [-0.15, -0.1) is 6.58 Å². The molecule has 0 atom stereocenters. The van der Waals surface area contributed by atoms with Crippen molar-refractivity contribution in [1.29, 1.82) is 0 Å². The Morgan fingerprint density at radius 1 is 0.862 bits per heavy atom. The monoisotopic (exact) mass is 424 g/mol. The number of halogens is 2. The van der Waals surface area contributed by atoms with E-state index in [9.17, 15) is 9.59 Å². The van der Waals surface area contributed by atoms with Crippen molar-refractivity contribution >= 4 is 46.4 Å². The third-order valence-electron chi connectivity index (χ3n) is 4.22. The van der Waals surface area contributed by atoms with Gasteiger partial charge in [0.2, 0.25) is 0 Å². The molecule has 0 aliphatic carbocycles. The van der Waals surface area contributed by atoms with Crippen molar-refractivity contribution in [3.63, 3.8) is 0 Å². The second-order valence-corrected chi connectivity index (χ2v) is 6.99. The summed E-state index contributed by atoms with van der Waals surface area (Å²) < 4.78 is 0. The molecule has 0 heterocycles. The van der Waals surface area contributed by atoms with Gasteiger partial charge in [0.15, 0.2) is 0 Å². The van der Waals surface area contributed by atoms with Crippen LogP contribution in [0.5, 0.6) is 0 Å². The lowest BCUT2D eigenvalue weighted by Crippen LogP contribution is -2.18. The molecule has 3 aromatic carbocycles. The maximum atomic E-state index is 12.7. The van der Waals surface area contributed by atoms with Crippen LogP contribution in [0.1, 0.15) is 26.3 Å². The van der Waals surface area contributed by atoms with Gasteiger partial charge in [0, 0.05) is 16.7 Å². The molecule has 0 unspecified atom stereocenters. The fourth-order valence-corrected chi connectivity index (χ4v) is 3.26. The zero-order valence-corrected chi connectivity index (χ0v) is 16.9. The standard InChI is InChI=1S/C23H18Cl2N2O2/c1-2-9-17-20(25)18(24)14-19(26-22(28)15-10-5-3-6-11-15)21(17)27-23(29)16-12-7-4-8-13-16/h2-8,10-14H,1,9H2,(H,26,28)(H,27,29). The van der Waals surface area contributed by atoms with Crippen molar-refractivity contribution in [1.82, 2.24) is 0 Å². The smallest absolute Gasteiger partial charge is 0.255 e. The van der Waals surface area contributed by atoms with Crippen LogP contribution in [0, 0.1) is 0 Å². The Bertz CT molecular complexity index is 1050. The van der Waals surface area contributed by atoms with E-state index in [1.165, 1.54) is 6.07 Å². The number of anilines is 2. The highest BCUT2D eigenvalue weighted by atomic mass is 35.5. The van der Waals surface area contributed by atoms with Gasteiger partial charge in [-0.25, -0.2) is 0 Å². The molecular formula is C23H18Cl2N2O2. The van der Waals surface area contributed by atoms with Gasteiger partial charge in [-0.2, -0.15) is 0 Å². The first-order valence-electron chi connectivity index (χ1n) is 8.85. The van der Waals surface area contributed by atoms with Gasteiger partial charge in [-0.05, 0) is 36.8 Å². The van der Waals surface area contributed by atoms with Gasteiger partial charge in [0.25, 0.3) is 11.8 Å². The van der Waals surface area contributed by atoms with E-state index in [2.05, 4.69) is 17.2 Å². The first kappa shape index (κ1) is 20.6. The predicted molar refractivity (Wildman–Crippen MR) is 119 cm³/mol. The normalized spacial score (nSPS) is 10.3. The summed E-state index contributed by atoms with van der Waals surface area (Å²) in [4.78, 5) is 25.4. The Hall–Kier alpha value is -3.08. The van der Waals surface area contributed by atoms with E-state index < -0.39 is 0 Å². The molecule has 3 rings (SSSR count). The summed E-state index contributed by atoms with van der Waals surface area (Å²) in [5, 5.41) is 6.25. The summed E-state index contributed by atoms with van der Waals surface area (Å²) in [6.07, 6.45) is 2.01. The maximum Gasteiger partial charge on any atom is 0.255 e. The summed E-state index contributed by atoms with van der Waals surface area (Å²) in [5.74, 6) is -0.659. The van der Waals surface area contributed by atoms with Gasteiger partial charge in [-0.1, -0.05) is 65.7 Å². The van der Waals surface area contributed by atoms with Gasteiger partial charge in [-0.3, -0.25) is 9.59 Å². The number of carbonyl (C=O) groups is 2. The molecule has 4 nitrogen and oxygen atoms in total. The molecule has 0 aliphatic rings. The van der Waals surface area contributed by atoms with E-state index >= 15 is 0 Å². The van der Waals surface area contributed by atoms with Crippen LogP contribution in [0.15, 0.2) is 79.4 Å². The van der Waals surface area contributed by atoms with Crippen LogP contribution in [0.4, 0.5) is 11.4 Å². The third-order valence-corrected chi connectivity index (χ3v) is 5.05. The molecule has 0 radical (unpaired) electrons. The van der Waals surface area contributed by atoms with Gasteiger partial charge >= 0.3 is 0 Å². The van der Waals surface area contributed by atoms with Crippen LogP contribution in [0.25, 0.3) is 0 Å². The molecule has 0 saturated carbocycles. The number of amides is 2. The first-order chi connectivity index (χ1) is 14.0. The van der Waals surface area contributed by atoms with Crippen molar-refractivity contribution in [3.8, 4) is 0 Å². The van der Waals surface area contributed by atoms with Gasteiger partial charge in [0.1, 0.15) is 0 Å². The highest BCUT2D eigenvalue weighted by Crippen LogP contribution is 2.39. The molecule has 0 aliphatic heterocycles. The van der Waals surface area contributed by atoms with E-state index in [-0.39, 0.29) is 16.8 Å². The van der Waals surface area contributed by atoms with Crippen molar-refractivity contribution in [2.75, 3.05) is 10.6 Å². The molecule has 0 aromatic heterocycles. The fourth-order valence-electron chi connectivity index (χ4n) is 2.82. The lowest BCUT2D eigenvalue weighted by molar-refractivity contribution is 0.101. The topological polar surface area (TPSA) is 58.2 Å². The second kappa shape index (κ2) is 9.41. The summed E-state index contributed by atoms with van der Waals surface area (Å²) in [6, 6.07) is 19.0. The van der Waals surface area contributed by atoms with Crippen molar-refractivity contribution in [3.05, 3.63) is 106 Å². The molecule has 6 heteroatoms. The largest absolute Gasteiger partial charge is 0.320 e. The van der Waals surface area contributed by atoms with E-state index in [0.717, 1.165) is 0 Å². The second-order valence-electron chi connectivity index (χ2n) is 6.21. The molecule has 3 aromatic rings. The molecule has 0 fully saturated rings. The summed E-state index contributed by atoms with van der Waals surface area (Å²) in [6.45, 7) is 3.74. The van der Waals surface area contributed by atoms with Crippen LogP contribution in [0.2, 0.25) is 10.0 Å². The first-order valence-corrected chi connectivity index (χ1v) is 9.61. The van der Waals surface area contributed by atoms with Crippen LogP contribution < -0.4 is 10.6 Å². The van der Waals surface area contributed by atoms with Crippen molar-refractivity contribution in [2.45, 2.75) is 6.42 Å². The van der Waals surface area contributed by atoms with E-state index in [4.69, 9.17) is 23.2 Å². The number of carbonyl (C=O) groups excluding carboxylic acids is 2. The quantitative estimate of drug-likeness (QED) is 0.460. The maximum absolute atomic E-state index is 12.7. The van der Waals surface area contributed by atoms with Crippen LogP contribution in [0.3, 0.4) is 0 Å². The van der Waals surface area contributed by atoms with Gasteiger partial charge in [0.05, 0.1) is 21.4 Å². The molecule has 29 heavy (non-hydrogen) atoms. The Morgan fingerprint density at radius 3 is 1.90 bits per heavy atom. The SMILES string of the molecule is C=CCc1c(Cl)c(Cl)cc(NC(=O)c2ccccc2)c1NC(=O)c1ccccc1. The minimum absolute atomic E-state index is 0.268. The molecule has 2 amide bonds. The number of hydrogen-bond donors (Lipinski definition) is 2. The molecule has 0 saturated heterocycles. The number of rotatable bonds is 6. The number of nitrogens with one attached hydrogen (secondary N) is 2. The average molecular weight is 425 g/mol.